The van der Waals surface area contributed by atoms with Crippen LogP contribution < -0.4 is 0 Å². The number of hydrogen-bond acceptors (Lipinski definition) is 2. The third kappa shape index (κ3) is 3.13. The molecule has 0 bridgehead atoms. The maximum Gasteiger partial charge on any atom is 0.138 e. The van der Waals surface area contributed by atoms with Crippen LogP contribution in [-0.2, 0) is 14.9 Å². The molecular weight excluding hydrogens is 289 g/mol. The molecule has 6 heteroatoms. The summed E-state index contributed by atoms with van der Waals surface area (Å²) < 4.78 is 54.7. The van der Waals surface area contributed by atoms with Crippen LogP contribution >= 0.6 is 9.45 Å². The minimum absolute atomic E-state index is 0.267. The topological polar surface area (TPSA) is 18.5 Å². The van der Waals surface area contributed by atoms with E-state index in [2.05, 4.69) is 9.47 Å². The van der Waals surface area contributed by atoms with E-state index in [9.17, 15) is 0 Å². The van der Waals surface area contributed by atoms with Gasteiger partial charge in [0.1, 0.15) is 21.3 Å². The molecule has 1 aromatic carbocycles. The molecule has 0 unspecified atom stereocenters. The summed E-state index contributed by atoms with van der Waals surface area (Å²) in [6, 6.07) is 5.70. The van der Waals surface area contributed by atoms with Crippen LogP contribution in [0.1, 0.15) is 26.3 Å². The average molecular weight is 312 g/mol. The minimum Gasteiger partial charge on any atom is -0.370 e. The Labute approximate surface area is 118 Å². The Bertz CT molecular complexity index is 488. The maximum absolute atomic E-state index is 15.2. The predicted molar refractivity (Wildman–Crippen MR) is 78.1 cm³/mol. The minimum atomic E-state index is -7.16. The van der Waals surface area contributed by atoms with E-state index in [0.717, 1.165) is 20.3 Å². The van der Waals surface area contributed by atoms with E-state index in [1.54, 1.807) is 26.8 Å². The van der Waals surface area contributed by atoms with Gasteiger partial charge in [-0.25, -0.2) is 0 Å². The van der Waals surface area contributed by atoms with Crippen LogP contribution in [0.2, 0.25) is 0 Å². The molecule has 0 radical (unpaired) electrons. The van der Waals surface area contributed by atoms with Gasteiger partial charge in [-0.3, -0.25) is 0 Å². The SMILES string of the molecule is COCS(F)(F)(F)(COC)c1ccccc1C(C)(C)C. The van der Waals surface area contributed by atoms with E-state index >= 15 is 11.7 Å². The van der Waals surface area contributed by atoms with Crippen LogP contribution in [0.5, 0.6) is 0 Å². The van der Waals surface area contributed by atoms with Gasteiger partial charge < -0.3 is 9.47 Å². The molecule has 0 saturated heterocycles. The Morgan fingerprint density at radius 2 is 1.40 bits per heavy atom. The highest BCUT2D eigenvalue weighted by Crippen LogP contribution is 2.99. The summed E-state index contributed by atoms with van der Waals surface area (Å²) >= 11 is 0. The molecule has 0 aliphatic carbocycles. The van der Waals surface area contributed by atoms with Crippen LogP contribution in [0.25, 0.3) is 0 Å². The zero-order valence-corrected chi connectivity index (χ0v) is 13.4. The van der Waals surface area contributed by atoms with E-state index < -0.39 is 31.6 Å². The van der Waals surface area contributed by atoms with E-state index in [1.165, 1.54) is 12.1 Å². The van der Waals surface area contributed by atoms with Crippen molar-refractivity contribution in [2.24, 2.45) is 0 Å². The van der Waals surface area contributed by atoms with Crippen LogP contribution in [0.4, 0.5) is 11.7 Å². The van der Waals surface area contributed by atoms with Crippen molar-refractivity contribution in [1.29, 1.82) is 0 Å². The Morgan fingerprint density at radius 3 is 1.80 bits per heavy atom. The van der Waals surface area contributed by atoms with E-state index in [1.807, 2.05) is 0 Å². The molecule has 0 atom stereocenters. The Hall–Kier alpha value is -0.720. The fraction of sp³-hybridized carbons (Fsp3) is 0.571. The van der Waals surface area contributed by atoms with Gasteiger partial charge in [0.15, 0.2) is 0 Å². The summed E-state index contributed by atoms with van der Waals surface area (Å²) in [5.41, 5.74) is -0.349. The molecule has 0 fully saturated rings. The largest absolute Gasteiger partial charge is 0.370 e. The summed E-state index contributed by atoms with van der Waals surface area (Å²) in [5, 5.41) is 0. The van der Waals surface area contributed by atoms with Crippen molar-refractivity contribution < 1.29 is 21.1 Å². The number of ether oxygens (including phenoxy) is 2. The summed E-state index contributed by atoms with van der Waals surface area (Å²) in [6.07, 6.45) is 0. The molecule has 0 aliphatic rings. The third-order valence-electron chi connectivity index (χ3n) is 3.04. The number of rotatable bonds is 5. The standard InChI is InChI=1S/C14H23F3O2S/c1-14(2,3)12-8-6-7-9-13(12)20(15,16,17,10-18-4)11-19-5/h6-9H,10-11H2,1-5H3. The van der Waals surface area contributed by atoms with Crippen molar-refractivity contribution in [1.82, 2.24) is 0 Å². The fourth-order valence-corrected chi connectivity index (χ4v) is 5.04. The molecule has 20 heavy (non-hydrogen) atoms. The van der Waals surface area contributed by atoms with Crippen molar-refractivity contribution in [3.63, 3.8) is 0 Å². The first kappa shape index (κ1) is 17.3. The van der Waals surface area contributed by atoms with E-state index in [0.29, 0.717) is 0 Å². The first-order valence-corrected chi connectivity index (χ1v) is 8.70. The summed E-state index contributed by atoms with van der Waals surface area (Å²) in [7, 11) is -5.03. The van der Waals surface area contributed by atoms with Crippen LogP contribution in [0, 0.1) is 0 Å². The quantitative estimate of drug-likeness (QED) is 0.755. The van der Waals surface area contributed by atoms with E-state index in [4.69, 9.17) is 0 Å². The summed E-state index contributed by atoms with van der Waals surface area (Å²) in [4.78, 5) is -0.594. The van der Waals surface area contributed by atoms with Crippen LogP contribution in [0.15, 0.2) is 29.2 Å². The lowest BCUT2D eigenvalue weighted by Crippen LogP contribution is -2.33. The molecular formula is C14H23F3O2S. The number of methoxy groups -OCH3 is 2. The van der Waals surface area contributed by atoms with Gasteiger partial charge in [-0.15, -0.1) is 11.7 Å². The lowest BCUT2D eigenvalue weighted by Gasteiger charge is -2.57. The molecule has 0 saturated carbocycles. The fourth-order valence-electron chi connectivity index (χ4n) is 2.25. The third-order valence-corrected chi connectivity index (χ3v) is 6.09. The average Bonchev–Trinajstić information content (AvgIpc) is 2.27. The molecule has 118 valence electrons. The van der Waals surface area contributed by atoms with Gasteiger partial charge in [0, 0.05) is 14.2 Å². The summed E-state index contributed by atoms with van der Waals surface area (Å²) in [6.45, 7) is 5.30. The number of halogens is 3. The van der Waals surface area contributed by atoms with Gasteiger partial charge in [0.25, 0.3) is 0 Å². The van der Waals surface area contributed by atoms with Gasteiger partial charge in [-0.2, -0.15) is 0 Å². The molecule has 2 nitrogen and oxygen atoms in total. The maximum atomic E-state index is 15.2. The van der Waals surface area contributed by atoms with E-state index in [-0.39, 0.29) is 5.56 Å². The van der Waals surface area contributed by atoms with Gasteiger partial charge in [-0.1, -0.05) is 39.0 Å². The molecule has 1 rings (SSSR count). The van der Waals surface area contributed by atoms with Crippen molar-refractivity contribution >= 4 is 9.45 Å². The van der Waals surface area contributed by atoms with Crippen molar-refractivity contribution in [2.75, 3.05) is 26.1 Å². The molecule has 0 heterocycles. The first-order valence-electron chi connectivity index (χ1n) is 6.22. The second-order valence-electron chi connectivity index (χ2n) is 6.11. The highest BCUT2D eigenvalue weighted by Gasteiger charge is 2.66. The van der Waals surface area contributed by atoms with Gasteiger partial charge in [-0.05, 0) is 17.0 Å². The monoisotopic (exact) mass is 312 g/mol. The van der Waals surface area contributed by atoms with Crippen LogP contribution in [-0.4, -0.2) is 26.1 Å². The molecule has 1 aromatic rings. The van der Waals surface area contributed by atoms with Gasteiger partial charge in [0.05, 0.1) is 4.90 Å². The Balaban J connectivity index is 3.70. The lowest BCUT2D eigenvalue weighted by atomic mass is 9.87. The second kappa shape index (κ2) is 4.64. The smallest absolute Gasteiger partial charge is 0.138 e. The normalized spacial score (nSPS) is 16.6. The zero-order chi connectivity index (χ0) is 15.7. The second-order valence-corrected chi connectivity index (χ2v) is 10.1. The zero-order valence-electron chi connectivity index (χ0n) is 12.6. The molecule has 0 spiro atoms. The molecule has 0 aromatic heterocycles. The van der Waals surface area contributed by atoms with Gasteiger partial charge >= 0.3 is 0 Å². The van der Waals surface area contributed by atoms with Crippen LogP contribution in [0.3, 0.4) is 0 Å². The van der Waals surface area contributed by atoms with Gasteiger partial charge in [0.2, 0.25) is 0 Å². The molecule has 0 aliphatic heterocycles. The summed E-state index contributed by atoms with van der Waals surface area (Å²) in [5.74, 6) is -2.58. The lowest BCUT2D eigenvalue weighted by molar-refractivity contribution is 0.195. The first-order chi connectivity index (χ1) is 8.89. The molecule has 0 amide bonds. The van der Waals surface area contributed by atoms with Crippen molar-refractivity contribution in [2.45, 2.75) is 31.1 Å². The Morgan fingerprint density at radius 1 is 0.950 bits per heavy atom. The molecule has 0 N–H and O–H groups in total. The number of benzene rings is 1. The van der Waals surface area contributed by atoms with Crippen molar-refractivity contribution in [3.8, 4) is 0 Å². The highest BCUT2D eigenvalue weighted by molar-refractivity contribution is 8.53. The highest BCUT2D eigenvalue weighted by atomic mass is 32.4. The number of hydrogen-bond donors (Lipinski definition) is 0. The Kier molecular flexibility index (Phi) is 4.03. The van der Waals surface area contributed by atoms with Crippen molar-refractivity contribution in [3.05, 3.63) is 29.8 Å². The predicted octanol–water partition coefficient (Wildman–Crippen LogP) is 5.08.